The van der Waals surface area contributed by atoms with Crippen LogP contribution in [0.1, 0.15) is 22.7 Å². The topological polar surface area (TPSA) is 24.9 Å². The van der Waals surface area contributed by atoms with E-state index in [1.165, 1.54) is 16.7 Å². The molecule has 0 radical (unpaired) electrons. The predicted octanol–water partition coefficient (Wildman–Crippen LogP) is 4.51. The molecule has 0 amide bonds. The van der Waals surface area contributed by atoms with Gasteiger partial charge in [-0.1, -0.05) is 29.8 Å². The Balaban J connectivity index is 2.08. The van der Waals surface area contributed by atoms with Gasteiger partial charge < -0.3 is 5.32 Å². The number of fused-ring (bicyclic) bond motifs is 1. The molecule has 3 aromatic rings. The number of benzene rings is 2. The van der Waals surface area contributed by atoms with E-state index in [0.717, 1.165) is 15.9 Å². The van der Waals surface area contributed by atoms with Crippen LogP contribution in [0, 0.1) is 6.92 Å². The second kappa shape index (κ2) is 5.84. The zero-order valence-electron chi connectivity index (χ0n) is 12.1. The van der Waals surface area contributed by atoms with Gasteiger partial charge in [0.25, 0.3) is 0 Å². The number of nitrogens with zero attached hydrogens (tertiary/aromatic N) is 1. The molecule has 0 spiro atoms. The Kier molecular flexibility index (Phi) is 3.91. The first kappa shape index (κ1) is 14.1. The largest absolute Gasteiger partial charge is 0.309 e. The molecule has 21 heavy (non-hydrogen) atoms. The summed E-state index contributed by atoms with van der Waals surface area (Å²) in [6.45, 7) is 2.06. The highest BCUT2D eigenvalue weighted by molar-refractivity contribution is 6.30. The van der Waals surface area contributed by atoms with Gasteiger partial charge in [0.05, 0.1) is 11.6 Å². The fraction of sp³-hybridized carbons (Fsp3) is 0.167. The molecule has 0 saturated carbocycles. The van der Waals surface area contributed by atoms with Gasteiger partial charge in [0.15, 0.2) is 0 Å². The average molecular weight is 297 g/mol. The first-order valence-corrected chi connectivity index (χ1v) is 7.34. The van der Waals surface area contributed by atoms with Crippen molar-refractivity contribution in [3.63, 3.8) is 0 Å². The van der Waals surface area contributed by atoms with Crippen molar-refractivity contribution in [2.75, 3.05) is 7.05 Å². The van der Waals surface area contributed by atoms with E-state index in [1.54, 1.807) is 0 Å². The zero-order valence-corrected chi connectivity index (χ0v) is 12.9. The van der Waals surface area contributed by atoms with Crippen LogP contribution in [-0.4, -0.2) is 12.0 Å². The summed E-state index contributed by atoms with van der Waals surface area (Å²) in [5, 5.41) is 5.29. The highest BCUT2D eigenvalue weighted by Crippen LogP contribution is 2.27. The first-order chi connectivity index (χ1) is 10.2. The summed E-state index contributed by atoms with van der Waals surface area (Å²) >= 11 is 6.20. The summed E-state index contributed by atoms with van der Waals surface area (Å²) < 4.78 is 0. The van der Waals surface area contributed by atoms with E-state index in [0.29, 0.717) is 0 Å². The molecule has 0 aliphatic carbocycles. The Morgan fingerprint density at radius 3 is 2.67 bits per heavy atom. The maximum Gasteiger partial charge on any atom is 0.0702 e. The lowest BCUT2D eigenvalue weighted by Crippen LogP contribution is -2.17. The highest BCUT2D eigenvalue weighted by Gasteiger charge is 2.13. The SMILES string of the molecule is CNC(c1cc(C)cc(Cl)c1)c1ccc2ncccc2c1. The third-order valence-electron chi connectivity index (χ3n) is 3.65. The first-order valence-electron chi connectivity index (χ1n) is 6.96. The Morgan fingerprint density at radius 1 is 1.05 bits per heavy atom. The third kappa shape index (κ3) is 2.92. The van der Waals surface area contributed by atoms with Crippen LogP contribution in [-0.2, 0) is 0 Å². The van der Waals surface area contributed by atoms with E-state index in [2.05, 4.69) is 47.6 Å². The standard InChI is InChI=1S/C18H17ClN2/c1-12-8-15(11-16(19)9-12)18(20-2)14-5-6-17-13(10-14)4-3-7-21-17/h3-11,18,20H,1-2H3. The minimum Gasteiger partial charge on any atom is -0.309 e. The molecular weight excluding hydrogens is 280 g/mol. The van der Waals surface area contributed by atoms with Crippen molar-refractivity contribution in [3.05, 3.63) is 76.4 Å². The van der Waals surface area contributed by atoms with Crippen LogP contribution in [0.15, 0.2) is 54.7 Å². The molecule has 0 fully saturated rings. The molecule has 1 N–H and O–H groups in total. The maximum atomic E-state index is 6.20. The quantitative estimate of drug-likeness (QED) is 0.769. The number of hydrogen-bond donors (Lipinski definition) is 1. The van der Waals surface area contributed by atoms with E-state index in [4.69, 9.17) is 11.6 Å². The normalized spacial score (nSPS) is 12.5. The molecule has 1 unspecified atom stereocenters. The summed E-state index contributed by atoms with van der Waals surface area (Å²) in [7, 11) is 1.97. The van der Waals surface area contributed by atoms with Gasteiger partial charge >= 0.3 is 0 Å². The van der Waals surface area contributed by atoms with Gasteiger partial charge in [0.2, 0.25) is 0 Å². The minimum atomic E-state index is 0.118. The minimum absolute atomic E-state index is 0.118. The van der Waals surface area contributed by atoms with Crippen LogP contribution >= 0.6 is 11.6 Å². The molecule has 0 bridgehead atoms. The Bertz CT molecular complexity index is 763. The molecule has 106 valence electrons. The van der Waals surface area contributed by atoms with Crippen molar-refractivity contribution >= 4 is 22.5 Å². The molecule has 1 heterocycles. The third-order valence-corrected chi connectivity index (χ3v) is 3.87. The van der Waals surface area contributed by atoms with E-state index in [9.17, 15) is 0 Å². The molecule has 0 saturated heterocycles. The van der Waals surface area contributed by atoms with Gasteiger partial charge in [0, 0.05) is 16.6 Å². The number of rotatable bonds is 3. The molecule has 3 heteroatoms. The van der Waals surface area contributed by atoms with Gasteiger partial charge in [-0.15, -0.1) is 0 Å². The van der Waals surface area contributed by atoms with Crippen LogP contribution in [0.4, 0.5) is 0 Å². The second-order valence-corrected chi connectivity index (χ2v) is 5.68. The average Bonchev–Trinajstić information content (AvgIpc) is 2.47. The number of pyridine rings is 1. The zero-order chi connectivity index (χ0) is 14.8. The molecule has 2 nitrogen and oxygen atoms in total. The van der Waals surface area contributed by atoms with Crippen LogP contribution in [0.3, 0.4) is 0 Å². The van der Waals surface area contributed by atoms with Crippen LogP contribution in [0.5, 0.6) is 0 Å². The van der Waals surface area contributed by atoms with E-state index in [1.807, 2.05) is 31.4 Å². The van der Waals surface area contributed by atoms with Crippen LogP contribution < -0.4 is 5.32 Å². The molecule has 1 atom stereocenters. The fourth-order valence-corrected chi connectivity index (χ4v) is 3.03. The Morgan fingerprint density at radius 2 is 1.90 bits per heavy atom. The Hall–Kier alpha value is -1.90. The summed E-state index contributed by atoms with van der Waals surface area (Å²) in [4.78, 5) is 4.37. The van der Waals surface area contributed by atoms with Crippen molar-refractivity contribution in [2.45, 2.75) is 13.0 Å². The van der Waals surface area contributed by atoms with Gasteiger partial charge in [-0.05, 0) is 61.0 Å². The fourth-order valence-electron chi connectivity index (χ4n) is 2.73. The highest BCUT2D eigenvalue weighted by atomic mass is 35.5. The summed E-state index contributed by atoms with van der Waals surface area (Å²) in [6.07, 6.45) is 1.82. The lowest BCUT2D eigenvalue weighted by molar-refractivity contribution is 0.692. The Labute approximate surface area is 129 Å². The number of aromatic nitrogens is 1. The smallest absolute Gasteiger partial charge is 0.0702 e. The van der Waals surface area contributed by atoms with Gasteiger partial charge in [0.1, 0.15) is 0 Å². The molecule has 2 aromatic carbocycles. The van der Waals surface area contributed by atoms with Crippen molar-refractivity contribution in [1.29, 1.82) is 0 Å². The second-order valence-electron chi connectivity index (χ2n) is 5.24. The van der Waals surface area contributed by atoms with E-state index < -0.39 is 0 Å². The van der Waals surface area contributed by atoms with Gasteiger partial charge in [-0.2, -0.15) is 0 Å². The van der Waals surface area contributed by atoms with Gasteiger partial charge in [-0.3, -0.25) is 4.98 Å². The van der Waals surface area contributed by atoms with E-state index in [-0.39, 0.29) is 6.04 Å². The molecule has 0 aliphatic heterocycles. The van der Waals surface area contributed by atoms with Crippen molar-refractivity contribution in [3.8, 4) is 0 Å². The maximum absolute atomic E-state index is 6.20. The lowest BCUT2D eigenvalue weighted by Gasteiger charge is -2.18. The lowest BCUT2D eigenvalue weighted by atomic mass is 9.96. The molecule has 0 aliphatic rings. The molecule has 1 aromatic heterocycles. The van der Waals surface area contributed by atoms with Crippen molar-refractivity contribution in [1.82, 2.24) is 10.3 Å². The van der Waals surface area contributed by atoms with Gasteiger partial charge in [-0.25, -0.2) is 0 Å². The number of halogens is 1. The summed E-state index contributed by atoms with van der Waals surface area (Å²) in [5.74, 6) is 0. The predicted molar refractivity (Wildman–Crippen MR) is 88.8 cm³/mol. The molecular formula is C18H17ClN2. The summed E-state index contributed by atoms with van der Waals surface area (Å²) in [6, 6.07) is 16.7. The number of hydrogen-bond acceptors (Lipinski definition) is 2. The number of aryl methyl sites for hydroxylation is 1. The van der Waals surface area contributed by atoms with Crippen molar-refractivity contribution in [2.24, 2.45) is 0 Å². The van der Waals surface area contributed by atoms with Crippen molar-refractivity contribution < 1.29 is 0 Å². The van der Waals surface area contributed by atoms with Crippen LogP contribution in [0.25, 0.3) is 10.9 Å². The monoisotopic (exact) mass is 296 g/mol. The number of nitrogens with one attached hydrogen (secondary N) is 1. The molecule has 3 rings (SSSR count). The van der Waals surface area contributed by atoms with Crippen LogP contribution in [0.2, 0.25) is 5.02 Å². The summed E-state index contributed by atoms with van der Waals surface area (Å²) in [5.41, 5.74) is 4.56. The van der Waals surface area contributed by atoms with E-state index >= 15 is 0 Å².